The first-order valence-corrected chi connectivity index (χ1v) is 12.2. The van der Waals surface area contributed by atoms with Gasteiger partial charge in [0.2, 0.25) is 0 Å². The molecule has 0 aliphatic carbocycles. The molecule has 0 saturated carbocycles. The molecule has 0 unspecified atom stereocenters. The van der Waals surface area contributed by atoms with Crippen LogP contribution in [0.4, 0.5) is 16.5 Å². The molecule has 0 aliphatic rings. The van der Waals surface area contributed by atoms with Gasteiger partial charge in [-0.25, -0.2) is 18.0 Å². The molecule has 2 aromatic rings. The summed E-state index contributed by atoms with van der Waals surface area (Å²) in [4.78, 5) is 32.2. The number of nitrogens with one attached hydrogen (secondary N) is 1. The Labute approximate surface area is 188 Å². The van der Waals surface area contributed by atoms with Gasteiger partial charge in [0.15, 0.2) is 0 Å². The van der Waals surface area contributed by atoms with E-state index in [9.17, 15) is 23.1 Å². The molecule has 0 spiro atoms. The monoisotopic (exact) mass is 468 g/mol. The van der Waals surface area contributed by atoms with Gasteiger partial charge in [-0.15, -0.1) is 0 Å². The number of anilines is 2. The van der Waals surface area contributed by atoms with Gasteiger partial charge in [0.25, 0.3) is 6.01 Å². The zero-order valence-corrected chi connectivity index (χ0v) is 20.4. The molecule has 0 radical (unpaired) electrons. The second-order valence-corrected chi connectivity index (χ2v) is 11.5. The summed E-state index contributed by atoms with van der Waals surface area (Å²) in [7, 11) is 0.557. The zero-order valence-electron chi connectivity index (χ0n) is 19.6. The summed E-state index contributed by atoms with van der Waals surface area (Å²) < 4.78 is 28.5. The Hall–Kier alpha value is -2.66. The predicted molar refractivity (Wildman–Crippen MR) is 126 cm³/mol. The molecule has 1 heterocycles. The molecule has 32 heavy (non-hydrogen) atoms. The fraction of sp³-hybridized carbons (Fsp3) is 0.571. The standard InChI is InChI=1S/C21H32N4O6S/c1-13-16(25(20(27)28)21(2,3)4)9-8-15-17(13)18(26)31-19(23-15)22-14(12-24(5)6)10-11-32(7,29)30/h8-9,14H,10-12H2,1-7H3,(H,22,23)(H,27,28)/t14-/m0/s1. The van der Waals surface area contributed by atoms with E-state index in [1.165, 1.54) is 11.2 Å². The molecule has 2 rings (SSSR count). The van der Waals surface area contributed by atoms with E-state index >= 15 is 0 Å². The largest absolute Gasteiger partial charge is 0.465 e. The Morgan fingerprint density at radius 1 is 1.28 bits per heavy atom. The molecule has 10 nitrogen and oxygen atoms in total. The molecule has 1 aromatic carbocycles. The van der Waals surface area contributed by atoms with Gasteiger partial charge >= 0.3 is 11.7 Å². The van der Waals surface area contributed by atoms with Crippen molar-refractivity contribution in [1.29, 1.82) is 0 Å². The van der Waals surface area contributed by atoms with Crippen molar-refractivity contribution in [1.82, 2.24) is 9.88 Å². The molecular formula is C21H32N4O6S. The number of carbonyl (C=O) groups is 1. The van der Waals surface area contributed by atoms with Gasteiger partial charge in [0.05, 0.1) is 22.3 Å². The molecule has 1 atom stereocenters. The maximum Gasteiger partial charge on any atom is 0.412 e. The summed E-state index contributed by atoms with van der Waals surface area (Å²) in [6.45, 7) is 7.46. The van der Waals surface area contributed by atoms with E-state index in [0.29, 0.717) is 29.7 Å². The third-order valence-corrected chi connectivity index (χ3v) is 5.86. The third kappa shape index (κ3) is 6.42. The van der Waals surface area contributed by atoms with Crippen molar-refractivity contribution in [2.24, 2.45) is 0 Å². The average Bonchev–Trinajstić information content (AvgIpc) is 2.59. The summed E-state index contributed by atoms with van der Waals surface area (Å²) in [5.41, 5.74) is -0.183. The number of likely N-dealkylation sites (N-methyl/N-ethyl adjacent to an activating group) is 1. The van der Waals surface area contributed by atoms with Gasteiger partial charge in [-0.1, -0.05) is 0 Å². The SMILES string of the molecule is Cc1c(N(C(=O)O)C(C)(C)C)ccc2nc(N[C@@H](CCS(C)(=O)=O)CN(C)C)oc(=O)c12. The topological polar surface area (TPSA) is 133 Å². The lowest BCUT2D eigenvalue weighted by Crippen LogP contribution is -2.45. The number of aryl methyl sites for hydroxylation is 1. The number of amides is 1. The van der Waals surface area contributed by atoms with Gasteiger partial charge in [-0.3, -0.25) is 4.90 Å². The maximum atomic E-state index is 12.8. The van der Waals surface area contributed by atoms with Crippen LogP contribution in [0, 0.1) is 6.92 Å². The highest BCUT2D eigenvalue weighted by molar-refractivity contribution is 7.90. The van der Waals surface area contributed by atoms with E-state index < -0.39 is 27.1 Å². The summed E-state index contributed by atoms with van der Waals surface area (Å²) in [5.74, 6) is -0.0172. The van der Waals surface area contributed by atoms with Crippen LogP contribution in [0.2, 0.25) is 0 Å². The highest BCUT2D eigenvalue weighted by atomic mass is 32.2. The van der Waals surface area contributed by atoms with Crippen molar-refractivity contribution < 1.29 is 22.7 Å². The number of sulfone groups is 1. The number of rotatable bonds is 8. The fourth-order valence-corrected chi connectivity index (χ4v) is 4.26. The number of benzene rings is 1. The van der Waals surface area contributed by atoms with E-state index in [-0.39, 0.29) is 23.2 Å². The minimum Gasteiger partial charge on any atom is -0.465 e. The molecule has 2 N–H and O–H groups in total. The highest BCUT2D eigenvalue weighted by Crippen LogP contribution is 2.31. The fourth-order valence-electron chi connectivity index (χ4n) is 3.54. The molecule has 11 heteroatoms. The van der Waals surface area contributed by atoms with E-state index in [0.717, 1.165) is 0 Å². The van der Waals surface area contributed by atoms with Crippen molar-refractivity contribution in [3.8, 4) is 0 Å². The Balaban J connectivity index is 2.48. The number of carboxylic acid groups (broad SMARTS) is 1. The first-order chi connectivity index (χ1) is 14.6. The van der Waals surface area contributed by atoms with Crippen molar-refractivity contribution in [2.75, 3.05) is 42.9 Å². The second-order valence-electron chi connectivity index (χ2n) is 9.22. The van der Waals surface area contributed by atoms with Crippen LogP contribution in [-0.2, 0) is 9.84 Å². The smallest absolute Gasteiger partial charge is 0.412 e. The van der Waals surface area contributed by atoms with Crippen LogP contribution in [0.1, 0.15) is 32.8 Å². The highest BCUT2D eigenvalue weighted by Gasteiger charge is 2.30. The lowest BCUT2D eigenvalue weighted by molar-refractivity contribution is 0.195. The summed E-state index contributed by atoms with van der Waals surface area (Å²) in [6, 6.07) is 2.88. The van der Waals surface area contributed by atoms with E-state index in [4.69, 9.17) is 4.42 Å². The van der Waals surface area contributed by atoms with Crippen LogP contribution in [0.15, 0.2) is 21.3 Å². The molecule has 0 saturated heterocycles. The van der Waals surface area contributed by atoms with Gasteiger partial charge < -0.3 is 19.7 Å². The Bertz CT molecular complexity index is 1150. The lowest BCUT2D eigenvalue weighted by atomic mass is 10.0. The van der Waals surface area contributed by atoms with Gasteiger partial charge in [-0.2, -0.15) is 4.98 Å². The van der Waals surface area contributed by atoms with Crippen LogP contribution >= 0.6 is 0 Å². The Kier molecular flexibility index (Phi) is 7.56. The van der Waals surface area contributed by atoms with E-state index in [1.54, 1.807) is 39.8 Å². The van der Waals surface area contributed by atoms with Crippen LogP contribution in [-0.4, -0.2) is 73.7 Å². The van der Waals surface area contributed by atoms with Crippen molar-refractivity contribution in [3.05, 3.63) is 28.1 Å². The molecule has 0 aliphatic heterocycles. The minimum absolute atomic E-state index is 0.0130. The van der Waals surface area contributed by atoms with Crippen molar-refractivity contribution >= 4 is 38.5 Å². The number of hydrogen-bond donors (Lipinski definition) is 2. The van der Waals surface area contributed by atoms with E-state index in [1.807, 2.05) is 19.0 Å². The zero-order chi connectivity index (χ0) is 24.4. The molecular weight excluding hydrogens is 436 g/mol. The van der Waals surface area contributed by atoms with Crippen molar-refractivity contribution in [2.45, 2.75) is 45.7 Å². The first kappa shape index (κ1) is 25.6. The third-order valence-electron chi connectivity index (χ3n) is 4.88. The van der Waals surface area contributed by atoms with Crippen LogP contribution in [0.25, 0.3) is 10.9 Å². The number of fused-ring (bicyclic) bond motifs is 1. The van der Waals surface area contributed by atoms with E-state index in [2.05, 4.69) is 10.3 Å². The van der Waals surface area contributed by atoms with Crippen molar-refractivity contribution in [3.63, 3.8) is 0 Å². The minimum atomic E-state index is -3.15. The van der Waals surface area contributed by atoms with Gasteiger partial charge in [0.1, 0.15) is 9.84 Å². The predicted octanol–water partition coefficient (Wildman–Crippen LogP) is 2.56. The summed E-state index contributed by atoms with van der Waals surface area (Å²) in [5, 5.41) is 12.9. The van der Waals surface area contributed by atoms with Crippen LogP contribution in [0.5, 0.6) is 0 Å². The molecule has 0 fully saturated rings. The van der Waals surface area contributed by atoms with Crippen LogP contribution < -0.4 is 15.8 Å². The Morgan fingerprint density at radius 3 is 2.41 bits per heavy atom. The molecule has 1 aromatic heterocycles. The quantitative estimate of drug-likeness (QED) is 0.599. The normalized spacial score (nSPS) is 13.4. The number of nitrogens with zero attached hydrogens (tertiary/aromatic N) is 3. The van der Waals surface area contributed by atoms with Crippen LogP contribution in [0.3, 0.4) is 0 Å². The molecule has 1 amide bonds. The molecule has 0 bridgehead atoms. The van der Waals surface area contributed by atoms with Gasteiger partial charge in [-0.05, 0) is 65.9 Å². The summed E-state index contributed by atoms with van der Waals surface area (Å²) in [6.07, 6.45) is 0.359. The lowest BCUT2D eigenvalue weighted by Gasteiger charge is -2.34. The number of aromatic nitrogens is 1. The maximum absolute atomic E-state index is 12.8. The van der Waals surface area contributed by atoms with Gasteiger partial charge in [0, 0.05) is 24.4 Å². The molecule has 178 valence electrons. The second kappa shape index (κ2) is 9.45. The summed E-state index contributed by atoms with van der Waals surface area (Å²) >= 11 is 0. The number of hydrogen-bond acceptors (Lipinski definition) is 8. The first-order valence-electron chi connectivity index (χ1n) is 10.2. The average molecular weight is 469 g/mol. The Morgan fingerprint density at radius 2 is 1.91 bits per heavy atom.